The predicted molar refractivity (Wildman–Crippen MR) is 71.7 cm³/mol. The molecule has 0 unspecified atom stereocenters. The van der Waals surface area contributed by atoms with Crippen molar-refractivity contribution in [3.8, 4) is 17.1 Å². The summed E-state index contributed by atoms with van der Waals surface area (Å²) in [6.07, 6.45) is 0. The largest absolute Gasteiger partial charge is 0.464 e. The third kappa shape index (κ3) is 3.09. The average molecular weight is 276 g/mol. The molecule has 0 aliphatic rings. The molecule has 0 saturated carbocycles. The highest BCUT2D eigenvalue weighted by Crippen LogP contribution is 2.25. The Morgan fingerprint density at radius 2 is 2.15 bits per heavy atom. The maximum absolute atomic E-state index is 11.2. The molecule has 6 nitrogen and oxygen atoms in total. The van der Waals surface area contributed by atoms with E-state index in [1.165, 1.54) is 0 Å². The normalized spacial score (nSPS) is 10.3. The Bertz CT molecular complexity index is 607. The van der Waals surface area contributed by atoms with Crippen LogP contribution < -0.4 is 4.74 Å². The summed E-state index contributed by atoms with van der Waals surface area (Å²) in [5.74, 6) is -0.309. The Labute approximate surface area is 116 Å². The van der Waals surface area contributed by atoms with Gasteiger partial charge in [-0.05, 0) is 19.4 Å². The zero-order valence-corrected chi connectivity index (χ0v) is 11.4. The van der Waals surface area contributed by atoms with Gasteiger partial charge in [0.25, 0.3) is 0 Å². The topological polar surface area (TPSA) is 73.6 Å². The first-order chi connectivity index (χ1) is 9.61. The number of carbonyl (C=O) groups is 1. The molecule has 2 aromatic rings. The first-order valence-corrected chi connectivity index (χ1v) is 6.25. The number of benzene rings is 1. The van der Waals surface area contributed by atoms with E-state index in [9.17, 15) is 10.0 Å². The van der Waals surface area contributed by atoms with Crippen molar-refractivity contribution in [3.63, 3.8) is 0 Å². The number of aromatic nitrogens is 2. The Balaban J connectivity index is 2.14. The summed E-state index contributed by atoms with van der Waals surface area (Å²) in [6.45, 7) is 3.71. The molecular formula is C14H16N2O4. The maximum Gasteiger partial charge on any atom is 0.344 e. The lowest BCUT2D eigenvalue weighted by Gasteiger charge is -2.03. The molecule has 20 heavy (non-hydrogen) atoms. The molecule has 0 aliphatic carbocycles. The molecule has 0 fully saturated rings. The number of hydrogen-bond donors (Lipinski definition) is 1. The molecule has 106 valence electrons. The van der Waals surface area contributed by atoms with E-state index in [0.29, 0.717) is 12.3 Å². The van der Waals surface area contributed by atoms with Crippen LogP contribution in [0.25, 0.3) is 11.3 Å². The summed E-state index contributed by atoms with van der Waals surface area (Å²) >= 11 is 0. The van der Waals surface area contributed by atoms with E-state index in [2.05, 4.69) is 5.10 Å². The van der Waals surface area contributed by atoms with E-state index in [4.69, 9.17) is 9.47 Å². The van der Waals surface area contributed by atoms with Crippen molar-refractivity contribution in [3.05, 3.63) is 35.9 Å². The number of carbonyl (C=O) groups excluding carboxylic acids is 1. The molecule has 2 rings (SSSR count). The van der Waals surface area contributed by atoms with Crippen LogP contribution in [0.2, 0.25) is 0 Å². The number of nitrogens with zero attached hydrogens (tertiary/aromatic N) is 2. The molecule has 0 bridgehead atoms. The fourth-order valence-electron chi connectivity index (χ4n) is 1.80. The van der Waals surface area contributed by atoms with Crippen molar-refractivity contribution in [1.82, 2.24) is 9.94 Å². The minimum absolute atomic E-state index is 0.166. The number of aryl methyl sites for hydroxylation is 1. The van der Waals surface area contributed by atoms with Crippen molar-refractivity contribution in [1.29, 1.82) is 0 Å². The van der Waals surface area contributed by atoms with Crippen LogP contribution in [0.15, 0.2) is 30.3 Å². The van der Waals surface area contributed by atoms with Crippen LogP contribution in [0.4, 0.5) is 0 Å². The molecule has 0 radical (unpaired) electrons. The zero-order valence-electron chi connectivity index (χ0n) is 11.4. The lowest BCUT2D eigenvalue weighted by Crippen LogP contribution is -2.14. The molecule has 0 spiro atoms. The highest BCUT2D eigenvalue weighted by Gasteiger charge is 2.13. The second-order valence-electron chi connectivity index (χ2n) is 4.17. The average Bonchev–Trinajstić information content (AvgIpc) is 2.79. The molecule has 1 aromatic carbocycles. The van der Waals surface area contributed by atoms with E-state index in [1.807, 2.05) is 31.2 Å². The summed E-state index contributed by atoms with van der Waals surface area (Å²) in [7, 11) is 0. The van der Waals surface area contributed by atoms with Crippen molar-refractivity contribution in [2.24, 2.45) is 0 Å². The number of rotatable bonds is 5. The SMILES string of the molecule is CCOC(=O)COc1cc(-c2ccccc2C)n(O)n1. The Morgan fingerprint density at radius 3 is 2.85 bits per heavy atom. The molecule has 0 saturated heterocycles. The molecule has 1 aromatic heterocycles. The highest BCUT2D eigenvalue weighted by atomic mass is 16.6. The van der Waals surface area contributed by atoms with Crippen LogP contribution in [0.5, 0.6) is 5.88 Å². The Morgan fingerprint density at radius 1 is 1.40 bits per heavy atom. The zero-order chi connectivity index (χ0) is 14.5. The van der Waals surface area contributed by atoms with Crippen LogP contribution in [0.1, 0.15) is 12.5 Å². The van der Waals surface area contributed by atoms with Crippen molar-refractivity contribution in [2.75, 3.05) is 13.2 Å². The van der Waals surface area contributed by atoms with E-state index in [-0.39, 0.29) is 12.5 Å². The second-order valence-corrected chi connectivity index (χ2v) is 4.17. The lowest BCUT2D eigenvalue weighted by molar-refractivity contribution is -0.145. The molecule has 0 aliphatic heterocycles. The number of ether oxygens (including phenoxy) is 2. The summed E-state index contributed by atoms with van der Waals surface area (Å²) in [5.41, 5.74) is 2.34. The van der Waals surface area contributed by atoms with Gasteiger partial charge in [-0.2, -0.15) is 0 Å². The third-order valence-corrected chi connectivity index (χ3v) is 2.73. The molecule has 0 atom stereocenters. The predicted octanol–water partition coefficient (Wildman–Crippen LogP) is 2.04. The van der Waals surface area contributed by atoms with Gasteiger partial charge < -0.3 is 14.7 Å². The maximum atomic E-state index is 11.2. The minimum Gasteiger partial charge on any atom is -0.464 e. The van der Waals surface area contributed by atoms with Crippen LogP contribution >= 0.6 is 0 Å². The van der Waals surface area contributed by atoms with Crippen LogP contribution in [-0.2, 0) is 9.53 Å². The van der Waals surface area contributed by atoms with Gasteiger partial charge in [0.2, 0.25) is 5.88 Å². The van der Waals surface area contributed by atoms with Gasteiger partial charge in [-0.15, -0.1) is 0 Å². The molecule has 6 heteroatoms. The smallest absolute Gasteiger partial charge is 0.344 e. The minimum atomic E-state index is -0.475. The molecular weight excluding hydrogens is 260 g/mol. The summed E-state index contributed by atoms with van der Waals surface area (Å²) < 4.78 is 9.92. The Kier molecular flexibility index (Phi) is 4.24. The first-order valence-electron chi connectivity index (χ1n) is 6.25. The van der Waals surface area contributed by atoms with E-state index in [0.717, 1.165) is 16.0 Å². The van der Waals surface area contributed by atoms with E-state index >= 15 is 0 Å². The summed E-state index contributed by atoms with van der Waals surface area (Å²) in [6, 6.07) is 9.15. The molecule has 1 heterocycles. The van der Waals surface area contributed by atoms with Crippen molar-refractivity contribution < 1.29 is 19.5 Å². The van der Waals surface area contributed by atoms with Crippen LogP contribution in [0, 0.1) is 6.92 Å². The molecule has 1 N–H and O–H groups in total. The van der Waals surface area contributed by atoms with Crippen LogP contribution in [0.3, 0.4) is 0 Å². The fourth-order valence-corrected chi connectivity index (χ4v) is 1.80. The van der Waals surface area contributed by atoms with Crippen molar-refractivity contribution >= 4 is 5.97 Å². The monoisotopic (exact) mass is 276 g/mol. The fraction of sp³-hybridized carbons (Fsp3) is 0.286. The number of esters is 1. The van der Waals surface area contributed by atoms with Gasteiger partial charge >= 0.3 is 5.97 Å². The molecule has 0 amide bonds. The third-order valence-electron chi connectivity index (χ3n) is 2.73. The first kappa shape index (κ1) is 13.9. The highest BCUT2D eigenvalue weighted by molar-refractivity contribution is 5.71. The van der Waals surface area contributed by atoms with Gasteiger partial charge in [0.15, 0.2) is 6.61 Å². The Hall–Kier alpha value is -2.50. The van der Waals surface area contributed by atoms with Crippen LogP contribution in [-0.4, -0.2) is 34.3 Å². The summed E-state index contributed by atoms with van der Waals surface area (Å²) in [5, 5.41) is 13.6. The van der Waals surface area contributed by atoms with E-state index in [1.54, 1.807) is 13.0 Å². The van der Waals surface area contributed by atoms with Gasteiger partial charge in [0, 0.05) is 11.6 Å². The van der Waals surface area contributed by atoms with Gasteiger partial charge in [-0.25, -0.2) is 4.79 Å². The standard InChI is InChI=1S/C14H16N2O4/c1-3-19-14(17)9-20-13-8-12(16(18)15-13)11-7-5-4-6-10(11)2/h4-8,18H,3,9H2,1-2H3. The van der Waals surface area contributed by atoms with Gasteiger partial charge in [-0.1, -0.05) is 34.2 Å². The van der Waals surface area contributed by atoms with Gasteiger partial charge in [0.05, 0.1) is 6.61 Å². The quantitative estimate of drug-likeness (QED) is 0.668. The van der Waals surface area contributed by atoms with Gasteiger partial charge in [0.1, 0.15) is 5.69 Å². The number of hydrogen-bond acceptors (Lipinski definition) is 5. The van der Waals surface area contributed by atoms with E-state index < -0.39 is 5.97 Å². The lowest BCUT2D eigenvalue weighted by atomic mass is 10.1. The van der Waals surface area contributed by atoms with Gasteiger partial charge in [-0.3, -0.25) is 0 Å². The summed E-state index contributed by atoms with van der Waals surface area (Å²) in [4.78, 5) is 11.9. The second kappa shape index (κ2) is 6.10. The van der Waals surface area contributed by atoms with Crippen molar-refractivity contribution in [2.45, 2.75) is 13.8 Å².